The van der Waals surface area contributed by atoms with Crippen molar-refractivity contribution in [2.24, 2.45) is 0 Å². The van der Waals surface area contributed by atoms with Crippen molar-refractivity contribution in [3.63, 3.8) is 0 Å². The number of nitrogens with one attached hydrogen (secondary N) is 1. The number of nitrogens with zero attached hydrogens (tertiary/aromatic N) is 2. The molecule has 1 aliphatic rings. The van der Waals surface area contributed by atoms with Gasteiger partial charge in [0.1, 0.15) is 5.82 Å². The van der Waals surface area contributed by atoms with Gasteiger partial charge in [-0.15, -0.1) is 11.8 Å². The highest BCUT2D eigenvalue weighted by molar-refractivity contribution is 8.00. The number of carbonyl (C=O) groups excluding carboxylic acids is 1. The third-order valence-electron chi connectivity index (χ3n) is 4.88. The van der Waals surface area contributed by atoms with E-state index in [2.05, 4.69) is 9.97 Å². The zero-order valence-corrected chi connectivity index (χ0v) is 15.4. The van der Waals surface area contributed by atoms with Gasteiger partial charge in [-0.2, -0.15) is 0 Å². The molecule has 1 saturated heterocycles. The van der Waals surface area contributed by atoms with Crippen LogP contribution in [0.25, 0.3) is 0 Å². The van der Waals surface area contributed by atoms with Crippen LogP contribution in [0.3, 0.4) is 0 Å². The summed E-state index contributed by atoms with van der Waals surface area (Å²) >= 11 is 1.55. The number of aromatic nitrogens is 2. The number of H-pyrrole nitrogens is 1. The predicted octanol–water partition coefficient (Wildman–Crippen LogP) is 2.72. The van der Waals surface area contributed by atoms with Crippen molar-refractivity contribution in [1.82, 2.24) is 14.9 Å². The lowest BCUT2D eigenvalue weighted by atomic mass is 9.94. The average molecular weight is 359 g/mol. The van der Waals surface area contributed by atoms with E-state index in [-0.39, 0.29) is 12.5 Å². The lowest BCUT2D eigenvalue weighted by molar-refractivity contribution is -0.135. The maximum Gasteiger partial charge on any atom is 0.246 e. The first-order chi connectivity index (χ1) is 12.2. The minimum Gasteiger partial charge on any atom is -0.392 e. The van der Waals surface area contributed by atoms with Crippen molar-refractivity contribution in [2.45, 2.75) is 37.0 Å². The summed E-state index contributed by atoms with van der Waals surface area (Å²) in [6.07, 6.45) is 9.37. The number of aliphatic hydroxyl groups is 1. The van der Waals surface area contributed by atoms with Crippen LogP contribution in [0.5, 0.6) is 0 Å². The topological polar surface area (TPSA) is 69.2 Å². The Hall–Kier alpha value is -1.79. The Morgan fingerprint density at radius 1 is 1.24 bits per heavy atom. The first kappa shape index (κ1) is 18.0. The summed E-state index contributed by atoms with van der Waals surface area (Å²) in [5.74, 6) is 0.850. The van der Waals surface area contributed by atoms with E-state index in [1.54, 1.807) is 24.2 Å². The summed E-state index contributed by atoms with van der Waals surface area (Å²) in [5, 5.41) is 9.24. The SMILES string of the molecule is CSC(Cc1ccc(CO)cc1)(C(=O)N1CCCCC1)c1ncc[nH]1. The summed E-state index contributed by atoms with van der Waals surface area (Å²) in [6, 6.07) is 7.80. The molecule has 134 valence electrons. The molecule has 0 radical (unpaired) electrons. The van der Waals surface area contributed by atoms with Gasteiger partial charge in [0, 0.05) is 31.9 Å². The number of thioether (sulfide) groups is 1. The van der Waals surface area contributed by atoms with Gasteiger partial charge < -0.3 is 15.0 Å². The smallest absolute Gasteiger partial charge is 0.246 e. The minimum absolute atomic E-state index is 0.0266. The third kappa shape index (κ3) is 3.75. The number of carbonyl (C=O) groups is 1. The molecule has 2 N–H and O–H groups in total. The van der Waals surface area contributed by atoms with Crippen LogP contribution in [0.2, 0.25) is 0 Å². The van der Waals surface area contributed by atoms with E-state index < -0.39 is 4.75 Å². The molecular formula is C19H25N3O2S. The van der Waals surface area contributed by atoms with Crippen molar-refractivity contribution in [2.75, 3.05) is 19.3 Å². The molecule has 2 aromatic rings. The van der Waals surface area contributed by atoms with Crippen molar-refractivity contribution < 1.29 is 9.90 Å². The predicted molar refractivity (Wildman–Crippen MR) is 100 cm³/mol. The van der Waals surface area contributed by atoms with E-state index in [1.165, 1.54) is 6.42 Å². The number of imidazole rings is 1. The number of aliphatic hydroxyl groups excluding tert-OH is 1. The maximum absolute atomic E-state index is 13.5. The number of hydrogen-bond acceptors (Lipinski definition) is 4. The molecule has 0 spiro atoms. The van der Waals surface area contributed by atoms with Gasteiger partial charge in [-0.05, 0) is 36.6 Å². The van der Waals surface area contributed by atoms with Crippen molar-refractivity contribution in [1.29, 1.82) is 0 Å². The van der Waals surface area contributed by atoms with Gasteiger partial charge in [0.2, 0.25) is 5.91 Å². The van der Waals surface area contributed by atoms with Crippen LogP contribution in [0.15, 0.2) is 36.7 Å². The Balaban J connectivity index is 1.94. The van der Waals surface area contributed by atoms with Crippen LogP contribution >= 0.6 is 11.8 Å². The highest BCUT2D eigenvalue weighted by Crippen LogP contribution is 2.39. The van der Waals surface area contributed by atoms with Gasteiger partial charge in [-0.1, -0.05) is 24.3 Å². The first-order valence-corrected chi connectivity index (χ1v) is 9.95. The van der Waals surface area contributed by atoms with Crippen molar-refractivity contribution in [3.05, 3.63) is 53.6 Å². The fraction of sp³-hybridized carbons (Fsp3) is 0.474. The molecule has 3 rings (SSSR count). The molecule has 1 atom stereocenters. The molecule has 1 unspecified atom stereocenters. The molecule has 25 heavy (non-hydrogen) atoms. The van der Waals surface area contributed by atoms with Gasteiger partial charge >= 0.3 is 0 Å². The summed E-state index contributed by atoms with van der Waals surface area (Å²) in [7, 11) is 0. The standard InChI is InChI=1S/C19H25N3O2S/c1-25-19(17-20-9-10-21-17,18(24)22-11-3-2-4-12-22)13-15-5-7-16(14-23)8-6-15/h5-10,23H,2-4,11-14H2,1H3,(H,20,21). The molecule has 5 nitrogen and oxygen atoms in total. The van der Waals surface area contributed by atoms with E-state index in [9.17, 15) is 9.90 Å². The quantitative estimate of drug-likeness (QED) is 0.832. The van der Waals surface area contributed by atoms with Crippen LogP contribution in [0.1, 0.15) is 36.2 Å². The first-order valence-electron chi connectivity index (χ1n) is 8.72. The normalized spacial score (nSPS) is 17.3. The zero-order valence-electron chi connectivity index (χ0n) is 14.6. The van der Waals surface area contributed by atoms with Gasteiger partial charge in [-0.3, -0.25) is 4.79 Å². The molecule has 0 saturated carbocycles. The van der Waals surface area contributed by atoms with E-state index >= 15 is 0 Å². The number of piperidine rings is 1. The van der Waals surface area contributed by atoms with Crippen LogP contribution in [0, 0.1) is 0 Å². The van der Waals surface area contributed by atoms with Gasteiger partial charge in [0.15, 0.2) is 4.75 Å². The molecule has 6 heteroatoms. The van der Waals surface area contributed by atoms with Crippen LogP contribution < -0.4 is 0 Å². The number of rotatable bonds is 6. The largest absolute Gasteiger partial charge is 0.392 e. The fourth-order valence-corrected chi connectivity index (χ4v) is 4.32. The lowest BCUT2D eigenvalue weighted by Gasteiger charge is -2.36. The number of aromatic amines is 1. The Labute approximate surface area is 152 Å². The Morgan fingerprint density at radius 3 is 2.48 bits per heavy atom. The molecule has 1 aliphatic heterocycles. The van der Waals surface area contributed by atoms with Gasteiger partial charge in [-0.25, -0.2) is 4.98 Å². The second kappa shape index (κ2) is 8.06. The number of benzene rings is 1. The van der Waals surface area contributed by atoms with Gasteiger partial charge in [0.25, 0.3) is 0 Å². The molecule has 1 amide bonds. The second-order valence-corrected chi connectivity index (χ2v) is 7.58. The van der Waals surface area contributed by atoms with E-state index in [1.807, 2.05) is 35.4 Å². The highest BCUT2D eigenvalue weighted by Gasteiger charge is 2.45. The van der Waals surface area contributed by atoms with Crippen LogP contribution in [-0.2, 0) is 22.6 Å². The summed E-state index contributed by atoms with van der Waals surface area (Å²) in [4.78, 5) is 23.1. The summed E-state index contributed by atoms with van der Waals surface area (Å²) < 4.78 is -0.748. The van der Waals surface area contributed by atoms with Crippen LogP contribution in [-0.4, -0.2) is 45.2 Å². The fourth-order valence-electron chi connectivity index (χ4n) is 3.41. The van der Waals surface area contributed by atoms with E-state index in [0.29, 0.717) is 12.2 Å². The Kier molecular flexibility index (Phi) is 5.81. The van der Waals surface area contributed by atoms with Crippen LogP contribution in [0.4, 0.5) is 0 Å². The molecule has 1 aromatic carbocycles. The lowest BCUT2D eigenvalue weighted by Crippen LogP contribution is -2.48. The number of amides is 1. The monoisotopic (exact) mass is 359 g/mol. The molecule has 0 aliphatic carbocycles. The van der Waals surface area contributed by atoms with E-state index in [4.69, 9.17) is 0 Å². The average Bonchev–Trinajstić information content (AvgIpc) is 3.22. The summed E-state index contributed by atoms with van der Waals surface area (Å²) in [5.41, 5.74) is 1.94. The molecule has 1 fully saturated rings. The Bertz CT molecular complexity index is 681. The van der Waals surface area contributed by atoms with E-state index in [0.717, 1.165) is 37.1 Å². The number of hydrogen-bond donors (Lipinski definition) is 2. The molecular weight excluding hydrogens is 334 g/mol. The summed E-state index contributed by atoms with van der Waals surface area (Å²) in [6.45, 7) is 1.68. The van der Waals surface area contributed by atoms with Gasteiger partial charge in [0.05, 0.1) is 6.61 Å². The molecule has 2 heterocycles. The highest BCUT2D eigenvalue weighted by atomic mass is 32.2. The number of likely N-dealkylation sites (tertiary alicyclic amines) is 1. The minimum atomic E-state index is -0.748. The molecule has 0 bridgehead atoms. The zero-order chi connectivity index (χ0) is 17.7. The molecule has 1 aromatic heterocycles. The Morgan fingerprint density at radius 2 is 1.92 bits per heavy atom. The maximum atomic E-state index is 13.5. The van der Waals surface area contributed by atoms with Crippen molar-refractivity contribution in [3.8, 4) is 0 Å². The second-order valence-electron chi connectivity index (χ2n) is 6.47. The third-order valence-corrected chi connectivity index (χ3v) is 6.09. The van der Waals surface area contributed by atoms with Crippen molar-refractivity contribution >= 4 is 17.7 Å².